The Bertz CT molecular complexity index is 966. The van der Waals surface area contributed by atoms with Gasteiger partial charge in [-0.3, -0.25) is 9.79 Å². The molecule has 4 rings (SSSR count). The first-order chi connectivity index (χ1) is 14.2. The Morgan fingerprint density at radius 1 is 1.10 bits per heavy atom. The van der Waals surface area contributed by atoms with E-state index in [1.165, 1.54) is 0 Å². The van der Waals surface area contributed by atoms with Gasteiger partial charge >= 0.3 is 0 Å². The summed E-state index contributed by atoms with van der Waals surface area (Å²) in [6.07, 6.45) is 4.13. The van der Waals surface area contributed by atoms with Crippen LogP contribution in [-0.2, 0) is 11.3 Å². The van der Waals surface area contributed by atoms with Crippen LogP contribution >= 0.6 is 0 Å². The van der Waals surface area contributed by atoms with E-state index in [9.17, 15) is 4.79 Å². The van der Waals surface area contributed by atoms with Crippen LogP contribution in [0.4, 0.5) is 5.69 Å². The van der Waals surface area contributed by atoms with Gasteiger partial charge in [0.05, 0.1) is 11.7 Å². The number of hydrogen-bond acceptors (Lipinski definition) is 3. The number of hydrogen-bond donors (Lipinski definition) is 2. The number of aromatic nitrogens is 2. The SMILES string of the molecule is CN=C(NCc1ccc(-n2cccn2)cc1)NC1CC(=O)N(c2ccccc2)C1. The first kappa shape index (κ1) is 18.7. The van der Waals surface area contributed by atoms with Crippen LogP contribution in [0.15, 0.2) is 78.0 Å². The van der Waals surface area contributed by atoms with Gasteiger partial charge in [-0.15, -0.1) is 0 Å². The second kappa shape index (κ2) is 8.60. The number of rotatable bonds is 5. The lowest BCUT2D eigenvalue weighted by Gasteiger charge is -2.19. The van der Waals surface area contributed by atoms with E-state index in [0.717, 1.165) is 16.9 Å². The Kier molecular flexibility index (Phi) is 5.56. The van der Waals surface area contributed by atoms with E-state index in [-0.39, 0.29) is 11.9 Å². The van der Waals surface area contributed by atoms with E-state index in [1.54, 1.807) is 13.2 Å². The van der Waals surface area contributed by atoms with Crippen molar-refractivity contribution in [1.29, 1.82) is 0 Å². The molecule has 0 aliphatic carbocycles. The number of anilines is 1. The summed E-state index contributed by atoms with van der Waals surface area (Å²) in [7, 11) is 1.74. The van der Waals surface area contributed by atoms with Crippen molar-refractivity contribution in [2.24, 2.45) is 4.99 Å². The van der Waals surface area contributed by atoms with E-state index in [4.69, 9.17) is 0 Å². The molecule has 2 N–H and O–H groups in total. The maximum absolute atomic E-state index is 12.4. The van der Waals surface area contributed by atoms with E-state index in [1.807, 2.05) is 64.3 Å². The number of amides is 1. The Balaban J connectivity index is 1.31. The molecule has 0 spiro atoms. The lowest BCUT2D eigenvalue weighted by Crippen LogP contribution is -2.44. The molecule has 0 saturated carbocycles. The molecule has 3 aromatic rings. The van der Waals surface area contributed by atoms with Crippen LogP contribution in [0.5, 0.6) is 0 Å². The molecule has 1 amide bonds. The average Bonchev–Trinajstić information content (AvgIpc) is 3.42. The standard InChI is InChI=1S/C22H24N6O/c1-23-22(24-15-17-8-10-20(11-9-17)28-13-5-12-25-28)26-18-14-21(29)27(16-18)19-6-3-2-4-7-19/h2-13,18H,14-16H2,1H3,(H2,23,24,26). The van der Waals surface area contributed by atoms with E-state index in [0.29, 0.717) is 25.5 Å². The topological polar surface area (TPSA) is 74.5 Å². The number of benzene rings is 2. The fourth-order valence-electron chi connectivity index (χ4n) is 3.42. The highest BCUT2D eigenvalue weighted by Gasteiger charge is 2.30. The smallest absolute Gasteiger partial charge is 0.229 e. The van der Waals surface area contributed by atoms with Gasteiger partial charge in [-0.2, -0.15) is 5.10 Å². The highest BCUT2D eigenvalue weighted by atomic mass is 16.2. The third-order valence-electron chi connectivity index (χ3n) is 4.92. The summed E-state index contributed by atoms with van der Waals surface area (Å²) in [5, 5.41) is 10.9. The second-order valence-corrected chi connectivity index (χ2v) is 6.93. The van der Waals surface area contributed by atoms with E-state index in [2.05, 4.69) is 32.9 Å². The molecule has 7 nitrogen and oxygen atoms in total. The van der Waals surface area contributed by atoms with Crippen LogP contribution in [0.1, 0.15) is 12.0 Å². The third-order valence-corrected chi connectivity index (χ3v) is 4.92. The Morgan fingerprint density at radius 3 is 2.59 bits per heavy atom. The quantitative estimate of drug-likeness (QED) is 0.520. The van der Waals surface area contributed by atoms with Crippen LogP contribution in [0, 0.1) is 0 Å². The first-order valence-corrected chi connectivity index (χ1v) is 9.64. The van der Waals surface area contributed by atoms with Gasteiger partial charge in [0.2, 0.25) is 5.91 Å². The molecule has 2 aromatic carbocycles. The molecule has 1 aliphatic rings. The molecule has 0 bridgehead atoms. The highest BCUT2D eigenvalue weighted by molar-refractivity contribution is 5.97. The van der Waals surface area contributed by atoms with Gasteiger partial charge in [-0.05, 0) is 35.9 Å². The minimum atomic E-state index is 0.0242. The van der Waals surface area contributed by atoms with Gasteiger partial charge in [0.25, 0.3) is 0 Å². The van der Waals surface area contributed by atoms with Crippen molar-refractivity contribution in [3.63, 3.8) is 0 Å². The molecule has 29 heavy (non-hydrogen) atoms. The fraction of sp³-hybridized carbons (Fsp3) is 0.227. The summed E-state index contributed by atoms with van der Waals surface area (Å²) in [4.78, 5) is 18.5. The largest absolute Gasteiger partial charge is 0.352 e. The molecule has 1 fully saturated rings. The van der Waals surface area contributed by atoms with Crippen molar-refractivity contribution in [3.05, 3.63) is 78.6 Å². The molecule has 7 heteroatoms. The van der Waals surface area contributed by atoms with Crippen molar-refractivity contribution in [3.8, 4) is 5.69 Å². The normalized spacial score (nSPS) is 16.9. The van der Waals surface area contributed by atoms with Crippen LogP contribution in [0.3, 0.4) is 0 Å². The predicted octanol–water partition coefficient (Wildman–Crippen LogP) is 2.34. The molecule has 1 atom stereocenters. The minimum Gasteiger partial charge on any atom is -0.352 e. The van der Waals surface area contributed by atoms with Crippen LogP contribution < -0.4 is 15.5 Å². The predicted molar refractivity (Wildman–Crippen MR) is 114 cm³/mol. The summed E-state index contributed by atoms with van der Waals surface area (Å²) >= 11 is 0. The molecule has 148 valence electrons. The number of guanidine groups is 1. The summed E-state index contributed by atoms with van der Waals surface area (Å²) in [5.41, 5.74) is 3.09. The number of para-hydroxylation sites is 1. The Morgan fingerprint density at radius 2 is 1.90 bits per heavy atom. The van der Waals surface area contributed by atoms with Crippen molar-refractivity contribution in [2.75, 3.05) is 18.5 Å². The van der Waals surface area contributed by atoms with E-state index < -0.39 is 0 Å². The molecule has 1 saturated heterocycles. The van der Waals surface area contributed by atoms with Gasteiger partial charge < -0.3 is 15.5 Å². The highest BCUT2D eigenvalue weighted by Crippen LogP contribution is 2.21. The van der Waals surface area contributed by atoms with Gasteiger partial charge in [-0.1, -0.05) is 30.3 Å². The zero-order chi connectivity index (χ0) is 20.1. The molecule has 1 aliphatic heterocycles. The van der Waals surface area contributed by atoms with Crippen LogP contribution in [0.25, 0.3) is 5.69 Å². The lowest BCUT2D eigenvalue weighted by atomic mass is 10.2. The maximum atomic E-state index is 12.4. The zero-order valence-corrected chi connectivity index (χ0v) is 16.3. The van der Waals surface area contributed by atoms with Gasteiger partial charge in [0, 0.05) is 44.6 Å². The molecular formula is C22H24N6O. The van der Waals surface area contributed by atoms with Gasteiger partial charge in [0.1, 0.15) is 0 Å². The number of carbonyl (C=O) groups excluding carboxylic acids is 1. The zero-order valence-electron chi connectivity index (χ0n) is 16.3. The first-order valence-electron chi connectivity index (χ1n) is 9.64. The Labute approximate surface area is 170 Å². The number of carbonyl (C=O) groups is 1. The second-order valence-electron chi connectivity index (χ2n) is 6.93. The number of nitrogens with zero attached hydrogens (tertiary/aromatic N) is 4. The molecular weight excluding hydrogens is 364 g/mol. The molecule has 1 aromatic heterocycles. The fourth-order valence-corrected chi connectivity index (χ4v) is 3.42. The monoisotopic (exact) mass is 388 g/mol. The van der Waals surface area contributed by atoms with Crippen molar-refractivity contribution in [1.82, 2.24) is 20.4 Å². The minimum absolute atomic E-state index is 0.0242. The maximum Gasteiger partial charge on any atom is 0.229 e. The number of aliphatic imine (C=N–C) groups is 1. The summed E-state index contributed by atoms with van der Waals surface area (Å²) in [6.45, 7) is 1.27. The summed E-state index contributed by atoms with van der Waals surface area (Å²) in [6, 6.07) is 19.9. The van der Waals surface area contributed by atoms with Gasteiger partial charge in [-0.25, -0.2) is 4.68 Å². The van der Waals surface area contributed by atoms with Crippen molar-refractivity contribution < 1.29 is 4.79 Å². The van der Waals surface area contributed by atoms with E-state index >= 15 is 0 Å². The van der Waals surface area contributed by atoms with Crippen LogP contribution in [-0.4, -0.2) is 41.3 Å². The summed E-state index contributed by atoms with van der Waals surface area (Å²) < 4.78 is 1.83. The summed E-state index contributed by atoms with van der Waals surface area (Å²) in [5.74, 6) is 0.812. The molecule has 1 unspecified atom stereocenters. The average molecular weight is 388 g/mol. The van der Waals surface area contributed by atoms with Crippen molar-refractivity contribution in [2.45, 2.75) is 19.0 Å². The van der Waals surface area contributed by atoms with Crippen molar-refractivity contribution >= 4 is 17.6 Å². The Hall–Kier alpha value is -3.61. The third kappa shape index (κ3) is 4.45. The van der Waals surface area contributed by atoms with Gasteiger partial charge in [0.15, 0.2) is 5.96 Å². The van der Waals surface area contributed by atoms with Crippen LogP contribution in [0.2, 0.25) is 0 Å². The molecule has 0 radical (unpaired) electrons. The lowest BCUT2D eigenvalue weighted by molar-refractivity contribution is -0.117. The number of nitrogens with one attached hydrogen (secondary N) is 2. The molecule has 2 heterocycles.